The van der Waals surface area contributed by atoms with Crippen molar-refractivity contribution in [2.24, 2.45) is 5.10 Å². The zero-order chi connectivity index (χ0) is 22.3. The first-order valence-corrected chi connectivity index (χ1v) is 10.6. The second kappa shape index (κ2) is 7.70. The van der Waals surface area contributed by atoms with Crippen molar-refractivity contribution < 1.29 is 26.5 Å². The lowest BCUT2D eigenvalue weighted by Crippen LogP contribution is -2.14. The summed E-state index contributed by atoms with van der Waals surface area (Å²) >= 11 is 0. The number of sulfone groups is 1. The molecule has 1 atom stereocenters. The van der Waals surface area contributed by atoms with Crippen LogP contribution in [0.2, 0.25) is 0 Å². The molecule has 30 heavy (non-hydrogen) atoms. The fourth-order valence-electron chi connectivity index (χ4n) is 3.31. The maximum atomic E-state index is 12.8. The van der Waals surface area contributed by atoms with E-state index in [-0.39, 0.29) is 23.2 Å². The number of halogens is 3. The number of alkyl halides is 3. The van der Waals surface area contributed by atoms with Crippen molar-refractivity contribution in [3.8, 4) is 0 Å². The fourth-order valence-corrected chi connectivity index (χ4v) is 5.00. The third-order valence-electron chi connectivity index (χ3n) is 4.84. The van der Waals surface area contributed by atoms with Crippen LogP contribution < -0.4 is 5.43 Å². The first-order valence-electron chi connectivity index (χ1n) is 8.80. The molecule has 1 unspecified atom stereocenters. The smallest absolute Gasteiger partial charge is 0.272 e. The van der Waals surface area contributed by atoms with Crippen molar-refractivity contribution in [1.29, 1.82) is 0 Å². The van der Waals surface area contributed by atoms with Crippen molar-refractivity contribution in [3.05, 3.63) is 50.8 Å². The molecule has 0 aliphatic carbocycles. The van der Waals surface area contributed by atoms with Gasteiger partial charge < -0.3 is 0 Å². The topological polar surface area (TPSA) is 119 Å². The Bertz CT molecular complexity index is 1130. The second-order valence-corrected chi connectivity index (χ2v) is 9.17. The average molecular weight is 445 g/mol. The lowest BCUT2D eigenvalue weighted by molar-refractivity contribution is -0.384. The van der Waals surface area contributed by atoms with Crippen molar-refractivity contribution in [2.75, 3.05) is 16.9 Å². The number of hydrazone groups is 1. The van der Waals surface area contributed by atoms with Gasteiger partial charge in [0.2, 0.25) is 0 Å². The van der Waals surface area contributed by atoms with E-state index in [4.69, 9.17) is 0 Å². The number of rotatable bonds is 5. The maximum absolute atomic E-state index is 12.8. The number of hydrogen-bond acceptors (Lipinski definition) is 7. The van der Waals surface area contributed by atoms with E-state index in [2.05, 4.69) is 15.6 Å². The fraction of sp³-hybridized carbons (Fsp3) is 0.412. The highest BCUT2D eigenvalue weighted by atomic mass is 32.2. The van der Waals surface area contributed by atoms with Gasteiger partial charge >= 0.3 is 6.18 Å². The van der Waals surface area contributed by atoms with Gasteiger partial charge in [-0.05, 0) is 32.4 Å². The number of aryl methyl sites for hydroxylation is 1. The van der Waals surface area contributed by atoms with E-state index in [0.717, 1.165) is 12.1 Å². The Balaban J connectivity index is 1.83. The van der Waals surface area contributed by atoms with E-state index in [0.29, 0.717) is 29.4 Å². The predicted octanol–water partition coefficient (Wildman–Crippen LogP) is 3.23. The Kier molecular flexibility index (Phi) is 5.58. The standard InChI is InChI=1S/C17H18F3N5O4S/c1-10-14(11(2)24(23-10)13-5-6-30(28,29)9-13)8-21-22-15-4-3-12(17(18,19)20)7-16(15)25(26)27/h3-4,7-8,13,22H,5-6,9H2,1-2H3/b21-8+. The summed E-state index contributed by atoms with van der Waals surface area (Å²) in [5.41, 5.74) is 2.12. The molecule has 0 bridgehead atoms. The molecule has 13 heteroatoms. The molecule has 3 rings (SSSR count). The van der Waals surface area contributed by atoms with Crippen molar-refractivity contribution in [3.63, 3.8) is 0 Å². The van der Waals surface area contributed by atoms with Crippen LogP contribution in [0.4, 0.5) is 24.5 Å². The van der Waals surface area contributed by atoms with Gasteiger partial charge in [0.1, 0.15) is 5.69 Å². The van der Waals surface area contributed by atoms with Crippen molar-refractivity contribution in [2.45, 2.75) is 32.5 Å². The van der Waals surface area contributed by atoms with E-state index < -0.39 is 32.2 Å². The lowest BCUT2D eigenvalue weighted by Gasteiger charge is -2.10. The van der Waals surface area contributed by atoms with Crippen LogP contribution in [0.25, 0.3) is 0 Å². The molecular weight excluding hydrogens is 427 g/mol. The summed E-state index contributed by atoms with van der Waals surface area (Å²) < 4.78 is 63.4. The van der Waals surface area contributed by atoms with E-state index in [1.807, 2.05) is 0 Å². The Morgan fingerprint density at radius 2 is 2.07 bits per heavy atom. The van der Waals surface area contributed by atoms with Crippen molar-refractivity contribution >= 4 is 27.4 Å². The predicted molar refractivity (Wildman–Crippen MR) is 103 cm³/mol. The van der Waals surface area contributed by atoms with Gasteiger partial charge in [0.15, 0.2) is 9.84 Å². The molecular formula is C17H18F3N5O4S. The van der Waals surface area contributed by atoms with E-state index in [1.54, 1.807) is 18.5 Å². The highest BCUT2D eigenvalue weighted by Crippen LogP contribution is 2.35. The molecule has 9 nitrogen and oxygen atoms in total. The van der Waals surface area contributed by atoms with Gasteiger partial charge in [0.05, 0.1) is 39.9 Å². The van der Waals surface area contributed by atoms with Crippen LogP contribution in [0.3, 0.4) is 0 Å². The highest BCUT2D eigenvalue weighted by Gasteiger charge is 2.33. The third kappa shape index (κ3) is 4.45. The quantitative estimate of drug-likeness (QED) is 0.429. The molecule has 1 aromatic heterocycles. The van der Waals surface area contributed by atoms with Crippen LogP contribution in [0.1, 0.15) is 35.0 Å². The number of nitro groups is 1. The number of nitrogens with zero attached hydrogens (tertiary/aromatic N) is 4. The number of nitrogens with one attached hydrogen (secondary N) is 1. The maximum Gasteiger partial charge on any atom is 0.416 e. The molecule has 1 saturated heterocycles. The zero-order valence-electron chi connectivity index (χ0n) is 16.0. The third-order valence-corrected chi connectivity index (χ3v) is 6.59. The second-order valence-electron chi connectivity index (χ2n) is 6.94. The first kappa shape index (κ1) is 21.7. The Labute approximate surface area is 169 Å². The Morgan fingerprint density at radius 3 is 2.63 bits per heavy atom. The molecule has 1 fully saturated rings. The van der Waals surface area contributed by atoms with E-state index in [1.165, 1.54) is 6.21 Å². The van der Waals surface area contributed by atoms with Crippen LogP contribution in [0, 0.1) is 24.0 Å². The summed E-state index contributed by atoms with van der Waals surface area (Å²) in [5, 5.41) is 19.4. The van der Waals surface area contributed by atoms with Gasteiger partial charge in [-0.1, -0.05) is 0 Å². The normalized spacial score (nSPS) is 18.8. The molecule has 1 N–H and O–H groups in total. The molecule has 2 aromatic rings. The summed E-state index contributed by atoms with van der Waals surface area (Å²) in [4.78, 5) is 10.2. The minimum atomic E-state index is -4.71. The minimum absolute atomic E-state index is 0.00153. The summed E-state index contributed by atoms with van der Waals surface area (Å²) in [5.74, 6) is 0.0973. The molecule has 0 saturated carbocycles. The molecule has 1 aromatic carbocycles. The number of nitro benzene ring substituents is 1. The largest absolute Gasteiger partial charge is 0.416 e. The summed E-state index contributed by atoms with van der Waals surface area (Å²) in [6.45, 7) is 3.45. The van der Waals surface area contributed by atoms with Crippen LogP contribution in [-0.2, 0) is 16.0 Å². The zero-order valence-corrected chi connectivity index (χ0v) is 16.8. The highest BCUT2D eigenvalue weighted by molar-refractivity contribution is 7.91. The number of benzene rings is 1. The first-order chi connectivity index (χ1) is 13.9. The summed E-state index contributed by atoms with van der Waals surface area (Å²) in [6, 6.07) is 1.82. The van der Waals surface area contributed by atoms with E-state index >= 15 is 0 Å². The van der Waals surface area contributed by atoms with Crippen molar-refractivity contribution in [1.82, 2.24) is 9.78 Å². The van der Waals surface area contributed by atoms with Gasteiger partial charge in [0.25, 0.3) is 5.69 Å². The number of hydrogen-bond donors (Lipinski definition) is 1. The monoisotopic (exact) mass is 445 g/mol. The van der Waals surface area contributed by atoms with Crippen LogP contribution >= 0.6 is 0 Å². The molecule has 162 valence electrons. The SMILES string of the molecule is Cc1nn(C2CCS(=O)(=O)C2)c(C)c1/C=N/Nc1ccc(C(F)(F)F)cc1[N+](=O)[O-]. The number of anilines is 1. The van der Waals surface area contributed by atoms with E-state index in [9.17, 15) is 31.7 Å². The molecule has 1 aliphatic rings. The number of aromatic nitrogens is 2. The van der Waals surface area contributed by atoms with Crippen LogP contribution in [-0.4, -0.2) is 40.8 Å². The van der Waals surface area contributed by atoms with Gasteiger partial charge in [-0.15, -0.1) is 0 Å². The lowest BCUT2D eigenvalue weighted by atomic mass is 10.1. The summed E-state index contributed by atoms with van der Waals surface area (Å²) in [6.07, 6.45) is -2.90. The average Bonchev–Trinajstić information content (AvgIpc) is 3.13. The molecule has 0 amide bonds. The molecule has 2 heterocycles. The van der Waals surface area contributed by atoms with Crippen LogP contribution in [0.5, 0.6) is 0 Å². The Morgan fingerprint density at radius 1 is 1.37 bits per heavy atom. The van der Waals surface area contributed by atoms with Gasteiger partial charge in [-0.25, -0.2) is 8.42 Å². The molecule has 1 aliphatic heterocycles. The molecule has 0 radical (unpaired) electrons. The Hall–Kier alpha value is -2.96. The minimum Gasteiger partial charge on any atom is -0.272 e. The van der Waals surface area contributed by atoms with Crippen LogP contribution in [0.15, 0.2) is 23.3 Å². The summed E-state index contributed by atoms with van der Waals surface area (Å²) in [7, 11) is -3.09. The van der Waals surface area contributed by atoms with Gasteiger partial charge in [0, 0.05) is 17.3 Å². The van der Waals surface area contributed by atoms with Gasteiger partial charge in [-0.3, -0.25) is 20.2 Å². The van der Waals surface area contributed by atoms with Gasteiger partial charge in [-0.2, -0.15) is 23.4 Å². The molecule has 0 spiro atoms.